The minimum atomic E-state index is -1.34. The van der Waals surface area contributed by atoms with Gasteiger partial charge in [-0.05, 0) is 23.8 Å². The summed E-state index contributed by atoms with van der Waals surface area (Å²) in [4.78, 5) is 22.4. The van der Waals surface area contributed by atoms with Gasteiger partial charge in [0.1, 0.15) is 12.4 Å². The zero-order chi connectivity index (χ0) is 18.1. The van der Waals surface area contributed by atoms with E-state index in [0.717, 1.165) is 11.6 Å². The number of hydrogen-bond acceptors (Lipinski definition) is 3. The Labute approximate surface area is 144 Å². The molecule has 128 valence electrons. The van der Waals surface area contributed by atoms with Gasteiger partial charge in [-0.25, -0.2) is 14.0 Å². The molecule has 25 heavy (non-hydrogen) atoms. The van der Waals surface area contributed by atoms with Crippen LogP contribution >= 0.6 is 0 Å². The summed E-state index contributed by atoms with van der Waals surface area (Å²) in [7, 11) is 0. The van der Waals surface area contributed by atoms with Crippen molar-refractivity contribution in [1.29, 1.82) is 0 Å². The Morgan fingerprint density at radius 3 is 2.64 bits per heavy atom. The van der Waals surface area contributed by atoms with E-state index in [1.54, 1.807) is 0 Å². The van der Waals surface area contributed by atoms with Crippen molar-refractivity contribution in [2.45, 2.75) is 13.0 Å². The van der Waals surface area contributed by atoms with Crippen LogP contribution in [0.3, 0.4) is 0 Å². The topological polar surface area (TPSA) is 75.6 Å². The summed E-state index contributed by atoms with van der Waals surface area (Å²) >= 11 is 0. The zero-order valence-electron chi connectivity index (χ0n) is 13.3. The summed E-state index contributed by atoms with van der Waals surface area (Å²) < 4.78 is 18.3. The number of amides is 1. The highest BCUT2D eigenvalue weighted by Crippen LogP contribution is 2.09. The highest BCUT2D eigenvalue weighted by Gasteiger charge is 2.09. The monoisotopic (exact) mass is 341 g/mol. The van der Waals surface area contributed by atoms with Gasteiger partial charge in [-0.1, -0.05) is 42.2 Å². The lowest BCUT2D eigenvalue weighted by molar-refractivity contribution is 0.0691. The molecule has 0 atom stereocenters. The quantitative estimate of drug-likeness (QED) is 0.647. The second kappa shape index (κ2) is 9.08. The van der Waals surface area contributed by atoms with Crippen molar-refractivity contribution < 1.29 is 23.8 Å². The van der Waals surface area contributed by atoms with Crippen LogP contribution in [0.5, 0.6) is 0 Å². The Hall–Kier alpha value is -3.33. The van der Waals surface area contributed by atoms with Crippen LogP contribution in [0.1, 0.15) is 27.9 Å². The minimum absolute atomic E-state index is 0.186. The van der Waals surface area contributed by atoms with Gasteiger partial charge in [-0.3, -0.25) is 0 Å². The van der Waals surface area contributed by atoms with Gasteiger partial charge in [0.05, 0.1) is 5.56 Å². The molecule has 0 spiro atoms. The van der Waals surface area contributed by atoms with Crippen LogP contribution in [-0.4, -0.2) is 23.7 Å². The van der Waals surface area contributed by atoms with E-state index in [4.69, 9.17) is 9.84 Å². The zero-order valence-corrected chi connectivity index (χ0v) is 13.3. The van der Waals surface area contributed by atoms with Gasteiger partial charge >= 0.3 is 12.1 Å². The molecule has 0 saturated carbocycles. The molecule has 0 heterocycles. The van der Waals surface area contributed by atoms with Crippen LogP contribution in [0.2, 0.25) is 0 Å². The van der Waals surface area contributed by atoms with Crippen LogP contribution in [0.25, 0.3) is 0 Å². The molecule has 6 heteroatoms. The third-order valence-electron chi connectivity index (χ3n) is 3.16. The number of alkyl carbamates (subject to hydrolysis) is 1. The first-order chi connectivity index (χ1) is 12.1. The van der Waals surface area contributed by atoms with Gasteiger partial charge in [-0.2, -0.15) is 0 Å². The smallest absolute Gasteiger partial charge is 0.407 e. The first-order valence-electron chi connectivity index (χ1n) is 7.52. The predicted octanol–water partition coefficient (Wildman–Crippen LogP) is 3.19. The number of benzene rings is 2. The first kappa shape index (κ1) is 18.0. The Bertz CT molecular complexity index is 809. The van der Waals surface area contributed by atoms with E-state index in [0.29, 0.717) is 12.0 Å². The predicted molar refractivity (Wildman–Crippen MR) is 89.5 cm³/mol. The number of carbonyl (C=O) groups excluding carboxylic acids is 1. The summed E-state index contributed by atoms with van der Waals surface area (Å²) in [6.07, 6.45) is -0.194. The number of carbonyl (C=O) groups is 2. The number of halogens is 1. The van der Waals surface area contributed by atoms with E-state index in [-0.39, 0.29) is 13.2 Å². The van der Waals surface area contributed by atoms with Crippen molar-refractivity contribution in [1.82, 2.24) is 5.32 Å². The second-order valence-electron chi connectivity index (χ2n) is 5.04. The molecule has 0 aromatic heterocycles. The number of hydrogen-bond donors (Lipinski definition) is 2. The number of ether oxygens (including phenoxy) is 1. The van der Waals surface area contributed by atoms with Crippen molar-refractivity contribution in [2.24, 2.45) is 0 Å². The number of carboxylic acid groups (broad SMARTS) is 1. The third kappa shape index (κ3) is 5.99. The summed E-state index contributed by atoms with van der Waals surface area (Å²) in [5, 5.41) is 11.4. The molecule has 2 aromatic carbocycles. The van der Waals surface area contributed by atoms with Crippen LogP contribution < -0.4 is 5.32 Å². The molecule has 0 aliphatic carbocycles. The van der Waals surface area contributed by atoms with Gasteiger partial charge in [0.25, 0.3) is 0 Å². The molecule has 2 N–H and O–H groups in total. The molecule has 0 aliphatic heterocycles. The van der Waals surface area contributed by atoms with Crippen molar-refractivity contribution in [3.63, 3.8) is 0 Å². The van der Waals surface area contributed by atoms with Crippen LogP contribution in [0.4, 0.5) is 9.18 Å². The fourth-order valence-corrected chi connectivity index (χ4v) is 1.93. The summed E-state index contributed by atoms with van der Waals surface area (Å²) in [5.74, 6) is 3.36. The number of aromatic carboxylic acids is 1. The van der Waals surface area contributed by atoms with E-state index >= 15 is 0 Å². The Morgan fingerprint density at radius 1 is 1.16 bits per heavy atom. The average molecular weight is 341 g/mol. The molecule has 0 radical (unpaired) electrons. The molecule has 0 saturated heterocycles. The molecule has 0 unspecified atom stereocenters. The molecule has 0 bridgehead atoms. The lowest BCUT2D eigenvalue weighted by Crippen LogP contribution is -2.24. The van der Waals surface area contributed by atoms with Crippen molar-refractivity contribution in [2.75, 3.05) is 6.54 Å². The maximum atomic E-state index is 13.3. The van der Waals surface area contributed by atoms with Crippen molar-refractivity contribution in [3.8, 4) is 11.8 Å². The molecule has 0 aliphatic rings. The summed E-state index contributed by atoms with van der Waals surface area (Å²) in [5.41, 5.74) is 0.864. The van der Waals surface area contributed by atoms with Gasteiger partial charge in [0.2, 0.25) is 0 Å². The molecular weight excluding hydrogens is 325 g/mol. The first-order valence-corrected chi connectivity index (χ1v) is 7.52. The lowest BCUT2D eigenvalue weighted by atomic mass is 10.1. The minimum Gasteiger partial charge on any atom is -0.478 e. The summed E-state index contributed by atoms with van der Waals surface area (Å²) in [6, 6.07) is 12.9. The number of rotatable bonds is 5. The van der Waals surface area contributed by atoms with E-state index in [1.807, 2.05) is 30.3 Å². The van der Waals surface area contributed by atoms with E-state index in [9.17, 15) is 14.0 Å². The fourth-order valence-electron chi connectivity index (χ4n) is 1.93. The molecule has 5 nitrogen and oxygen atoms in total. The van der Waals surface area contributed by atoms with E-state index in [1.165, 1.54) is 12.1 Å². The van der Waals surface area contributed by atoms with Gasteiger partial charge in [-0.15, -0.1) is 0 Å². The number of nitrogens with one attached hydrogen (secondary N) is 1. The van der Waals surface area contributed by atoms with E-state index < -0.39 is 23.4 Å². The fraction of sp³-hybridized carbons (Fsp3) is 0.158. The van der Waals surface area contributed by atoms with E-state index in [2.05, 4.69) is 17.2 Å². The molecule has 0 fully saturated rings. The average Bonchev–Trinajstić information content (AvgIpc) is 2.61. The third-order valence-corrected chi connectivity index (χ3v) is 3.16. The van der Waals surface area contributed by atoms with Crippen molar-refractivity contribution in [3.05, 3.63) is 71.0 Å². The Morgan fingerprint density at radius 2 is 1.92 bits per heavy atom. The maximum Gasteiger partial charge on any atom is 0.407 e. The number of carboxylic acids is 1. The highest BCUT2D eigenvalue weighted by atomic mass is 19.1. The molecule has 2 rings (SSSR count). The highest BCUT2D eigenvalue weighted by molar-refractivity contribution is 5.88. The Balaban J connectivity index is 1.74. The van der Waals surface area contributed by atoms with Gasteiger partial charge < -0.3 is 15.2 Å². The van der Waals surface area contributed by atoms with Crippen LogP contribution in [-0.2, 0) is 11.3 Å². The van der Waals surface area contributed by atoms with Crippen LogP contribution in [0.15, 0.2) is 48.5 Å². The second-order valence-corrected chi connectivity index (χ2v) is 5.04. The Kier molecular flexibility index (Phi) is 6.55. The standard InChI is InChI=1S/C19H16FNO4/c20-17-10-9-14(12-16(17)18(22)23)6-4-5-11-21-19(24)25-13-15-7-2-1-3-8-15/h1-3,7-10,12H,5,11,13H2,(H,21,24)(H,22,23). The van der Waals surface area contributed by atoms with Gasteiger partial charge in [0.15, 0.2) is 0 Å². The normalized spacial score (nSPS) is 9.64. The van der Waals surface area contributed by atoms with Crippen LogP contribution in [0, 0.1) is 17.7 Å². The lowest BCUT2D eigenvalue weighted by Gasteiger charge is -2.05. The molecule has 1 amide bonds. The van der Waals surface area contributed by atoms with Gasteiger partial charge in [0, 0.05) is 18.5 Å². The maximum absolute atomic E-state index is 13.3. The largest absolute Gasteiger partial charge is 0.478 e. The summed E-state index contributed by atoms with van der Waals surface area (Å²) in [6.45, 7) is 0.472. The SMILES string of the molecule is O=C(NCCC#Cc1ccc(F)c(C(=O)O)c1)OCc1ccccc1. The van der Waals surface area contributed by atoms with Crippen molar-refractivity contribution >= 4 is 12.1 Å². The molecule has 2 aromatic rings. The molecular formula is C19H16FNO4.